The third kappa shape index (κ3) is 3.38. The lowest BCUT2D eigenvalue weighted by molar-refractivity contribution is 0.189. The Kier molecular flexibility index (Phi) is 5.42. The minimum Gasteiger partial charge on any atom is -0.329 e. The number of hydrogen-bond acceptors (Lipinski definition) is 3. The maximum absolute atomic E-state index is 5.79. The van der Waals surface area contributed by atoms with E-state index in [4.69, 9.17) is 5.73 Å². The predicted octanol–water partition coefficient (Wildman–Crippen LogP) is 2.68. The molecule has 0 aliphatic heterocycles. The summed E-state index contributed by atoms with van der Waals surface area (Å²) in [5.74, 6) is 0. The van der Waals surface area contributed by atoms with Crippen LogP contribution in [0.5, 0.6) is 0 Å². The Morgan fingerprint density at radius 1 is 1.42 bits per heavy atom. The molecule has 0 atom stereocenters. The molecule has 19 heavy (non-hydrogen) atoms. The van der Waals surface area contributed by atoms with Crippen molar-refractivity contribution in [3.8, 4) is 0 Å². The van der Waals surface area contributed by atoms with Gasteiger partial charge in [-0.2, -0.15) is 5.10 Å². The van der Waals surface area contributed by atoms with Gasteiger partial charge < -0.3 is 5.73 Å². The highest BCUT2D eigenvalue weighted by Crippen LogP contribution is 2.27. The first kappa shape index (κ1) is 15.0. The summed E-state index contributed by atoms with van der Waals surface area (Å²) in [6.45, 7) is 7.78. The van der Waals surface area contributed by atoms with Gasteiger partial charge in [0.15, 0.2) is 0 Å². The van der Waals surface area contributed by atoms with Gasteiger partial charge in [-0.1, -0.05) is 12.8 Å². The molecule has 1 fully saturated rings. The van der Waals surface area contributed by atoms with Gasteiger partial charge in [-0.3, -0.25) is 9.58 Å². The second-order valence-electron chi connectivity index (χ2n) is 5.36. The summed E-state index contributed by atoms with van der Waals surface area (Å²) in [5, 5.41) is 4.58. The molecular formula is C14H25BrN4. The number of halogens is 1. The summed E-state index contributed by atoms with van der Waals surface area (Å²) in [6.07, 6.45) is 5.35. The molecule has 0 aromatic carbocycles. The van der Waals surface area contributed by atoms with Crippen LogP contribution in [0.2, 0.25) is 0 Å². The van der Waals surface area contributed by atoms with Crippen molar-refractivity contribution in [3.63, 3.8) is 0 Å². The molecule has 1 aromatic rings. The molecular weight excluding hydrogens is 304 g/mol. The first-order valence-electron chi connectivity index (χ1n) is 7.33. The molecule has 1 heterocycles. The summed E-state index contributed by atoms with van der Waals surface area (Å²) in [5.41, 5.74) is 8.16. The van der Waals surface area contributed by atoms with Crippen molar-refractivity contribution in [2.75, 3.05) is 13.1 Å². The van der Waals surface area contributed by atoms with Crippen LogP contribution in [0.25, 0.3) is 0 Å². The van der Waals surface area contributed by atoms with Crippen LogP contribution in [0.4, 0.5) is 0 Å². The average molecular weight is 329 g/mol. The standard InChI is InChI=1S/C14H25BrN4/c1-3-19-13(14(15)11(2)17-19)10-18(9-8-16)12-6-4-5-7-12/h12H,3-10,16H2,1-2H3. The molecule has 1 saturated carbocycles. The SMILES string of the molecule is CCn1nc(C)c(Br)c1CN(CCN)C1CCCC1. The fourth-order valence-electron chi connectivity index (χ4n) is 3.04. The van der Waals surface area contributed by atoms with Gasteiger partial charge in [-0.05, 0) is 42.6 Å². The van der Waals surface area contributed by atoms with Crippen molar-refractivity contribution in [1.82, 2.24) is 14.7 Å². The number of aryl methyl sites for hydroxylation is 2. The van der Waals surface area contributed by atoms with E-state index in [0.29, 0.717) is 6.04 Å². The lowest BCUT2D eigenvalue weighted by Crippen LogP contribution is -2.37. The number of nitrogens with zero attached hydrogens (tertiary/aromatic N) is 3. The number of hydrogen-bond donors (Lipinski definition) is 1. The van der Waals surface area contributed by atoms with Gasteiger partial charge >= 0.3 is 0 Å². The zero-order chi connectivity index (χ0) is 13.8. The highest BCUT2D eigenvalue weighted by molar-refractivity contribution is 9.10. The molecule has 1 aliphatic carbocycles. The van der Waals surface area contributed by atoms with Crippen LogP contribution >= 0.6 is 15.9 Å². The molecule has 2 N–H and O–H groups in total. The predicted molar refractivity (Wildman–Crippen MR) is 82.1 cm³/mol. The Balaban J connectivity index is 2.16. The maximum atomic E-state index is 5.79. The van der Waals surface area contributed by atoms with Crippen molar-refractivity contribution < 1.29 is 0 Å². The number of aromatic nitrogens is 2. The third-order valence-electron chi connectivity index (χ3n) is 4.06. The molecule has 2 rings (SSSR count). The fraction of sp³-hybridized carbons (Fsp3) is 0.786. The van der Waals surface area contributed by atoms with E-state index in [9.17, 15) is 0 Å². The van der Waals surface area contributed by atoms with E-state index in [1.54, 1.807) is 0 Å². The van der Waals surface area contributed by atoms with Gasteiger partial charge in [-0.25, -0.2) is 0 Å². The van der Waals surface area contributed by atoms with E-state index in [0.717, 1.165) is 36.3 Å². The van der Waals surface area contributed by atoms with Gasteiger partial charge in [0.1, 0.15) is 0 Å². The summed E-state index contributed by atoms with van der Waals surface area (Å²) in [6, 6.07) is 0.705. The van der Waals surface area contributed by atoms with Crippen molar-refractivity contribution >= 4 is 15.9 Å². The maximum Gasteiger partial charge on any atom is 0.0739 e. The van der Waals surface area contributed by atoms with Crippen LogP contribution in [0.3, 0.4) is 0 Å². The Morgan fingerprint density at radius 3 is 2.68 bits per heavy atom. The first-order chi connectivity index (χ1) is 9.17. The lowest BCUT2D eigenvalue weighted by Gasteiger charge is -2.28. The van der Waals surface area contributed by atoms with Gasteiger partial charge in [0.2, 0.25) is 0 Å². The molecule has 0 amide bonds. The van der Waals surface area contributed by atoms with E-state index in [1.165, 1.54) is 31.4 Å². The summed E-state index contributed by atoms with van der Waals surface area (Å²) in [7, 11) is 0. The van der Waals surface area contributed by atoms with E-state index < -0.39 is 0 Å². The highest BCUT2D eigenvalue weighted by atomic mass is 79.9. The quantitative estimate of drug-likeness (QED) is 0.873. The van der Waals surface area contributed by atoms with Gasteiger partial charge in [-0.15, -0.1) is 0 Å². The van der Waals surface area contributed by atoms with Crippen LogP contribution in [-0.2, 0) is 13.1 Å². The molecule has 4 nitrogen and oxygen atoms in total. The van der Waals surface area contributed by atoms with Crippen LogP contribution in [0, 0.1) is 6.92 Å². The van der Waals surface area contributed by atoms with Crippen molar-refractivity contribution in [2.24, 2.45) is 5.73 Å². The molecule has 0 saturated heterocycles. The van der Waals surface area contributed by atoms with Crippen molar-refractivity contribution in [1.29, 1.82) is 0 Å². The topological polar surface area (TPSA) is 47.1 Å². The molecule has 0 radical (unpaired) electrons. The van der Waals surface area contributed by atoms with Crippen LogP contribution in [-0.4, -0.2) is 33.8 Å². The molecule has 0 unspecified atom stereocenters. The van der Waals surface area contributed by atoms with E-state index in [-0.39, 0.29) is 0 Å². The first-order valence-corrected chi connectivity index (χ1v) is 8.12. The number of rotatable bonds is 6. The van der Waals surface area contributed by atoms with E-state index >= 15 is 0 Å². The van der Waals surface area contributed by atoms with Crippen LogP contribution in [0.15, 0.2) is 4.47 Å². The van der Waals surface area contributed by atoms with Gasteiger partial charge in [0, 0.05) is 32.2 Å². The average Bonchev–Trinajstić information content (AvgIpc) is 3.01. The van der Waals surface area contributed by atoms with Crippen LogP contribution in [0.1, 0.15) is 44.0 Å². The number of nitrogens with two attached hydrogens (primary N) is 1. The smallest absolute Gasteiger partial charge is 0.0739 e. The second kappa shape index (κ2) is 6.86. The molecule has 5 heteroatoms. The second-order valence-corrected chi connectivity index (χ2v) is 6.15. The minimum atomic E-state index is 0.705. The fourth-order valence-corrected chi connectivity index (χ4v) is 3.45. The van der Waals surface area contributed by atoms with Crippen LogP contribution < -0.4 is 5.73 Å². The van der Waals surface area contributed by atoms with Gasteiger partial charge in [0.05, 0.1) is 15.9 Å². The third-order valence-corrected chi connectivity index (χ3v) is 5.09. The Bertz CT molecular complexity index is 410. The molecule has 0 spiro atoms. The van der Waals surface area contributed by atoms with E-state index in [2.05, 4.69) is 44.5 Å². The minimum absolute atomic E-state index is 0.705. The molecule has 108 valence electrons. The Hall–Kier alpha value is -0.390. The van der Waals surface area contributed by atoms with E-state index in [1.807, 2.05) is 0 Å². The highest BCUT2D eigenvalue weighted by Gasteiger charge is 2.24. The molecule has 1 aromatic heterocycles. The zero-order valence-corrected chi connectivity index (χ0v) is 13.6. The van der Waals surface area contributed by atoms with Gasteiger partial charge in [0.25, 0.3) is 0 Å². The molecule has 1 aliphatic rings. The summed E-state index contributed by atoms with van der Waals surface area (Å²) in [4.78, 5) is 2.54. The van der Waals surface area contributed by atoms with Crippen molar-refractivity contribution in [3.05, 3.63) is 15.9 Å². The van der Waals surface area contributed by atoms with Crippen molar-refractivity contribution in [2.45, 2.75) is 58.7 Å². The Labute approximate surface area is 124 Å². The lowest BCUT2D eigenvalue weighted by atomic mass is 10.2. The largest absolute Gasteiger partial charge is 0.329 e. The normalized spacial score (nSPS) is 16.7. The summed E-state index contributed by atoms with van der Waals surface area (Å²) < 4.78 is 3.27. The molecule has 0 bridgehead atoms. The monoisotopic (exact) mass is 328 g/mol. The zero-order valence-electron chi connectivity index (χ0n) is 12.0. The Morgan fingerprint density at radius 2 is 2.11 bits per heavy atom. The summed E-state index contributed by atoms with van der Waals surface area (Å²) >= 11 is 3.69.